The van der Waals surface area contributed by atoms with Crippen molar-refractivity contribution in [3.8, 4) is 33.9 Å². The van der Waals surface area contributed by atoms with Crippen LogP contribution in [0.4, 0.5) is 0 Å². The molecule has 0 saturated heterocycles. The van der Waals surface area contributed by atoms with Crippen molar-refractivity contribution in [1.82, 2.24) is 18.3 Å². The van der Waals surface area contributed by atoms with Gasteiger partial charge in [-0.25, -0.2) is 0 Å². The summed E-state index contributed by atoms with van der Waals surface area (Å²) in [5.74, 6) is 0. The van der Waals surface area contributed by atoms with Gasteiger partial charge in [0.15, 0.2) is 0 Å². The van der Waals surface area contributed by atoms with Crippen LogP contribution in [0, 0.1) is 0 Å². The molecule has 10 aromatic carbocycles. The summed E-state index contributed by atoms with van der Waals surface area (Å²) < 4.78 is 9.81. The molecule has 67 heavy (non-hydrogen) atoms. The SMILES string of the molecule is CC1(C)c2ccccc2-c2ccc(-n3c4cccc(c4)c4cccc(c4)n(-c4cccc5c6ccccc6n(-c6ccccc6)c45)c4ccc5c(c4)c4cc3ccc4n5-c3ccccc3)cc21. The lowest BCUT2D eigenvalue weighted by Crippen LogP contribution is -2.15. The number of nitrogens with zero attached hydrogens (tertiary/aromatic N) is 4. The zero-order valence-electron chi connectivity index (χ0n) is 37.2. The van der Waals surface area contributed by atoms with Gasteiger partial charge in [0.2, 0.25) is 0 Å². The summed E-state index contributed by atoms with van der Waals surface area (Å²) in [5, 5.41) is 7.12. The van der Waals surface area contributed by atoms with Crippen molar-refractivity contribution in [1.29, 1.82) is 0 Å². The number of fused-ring (bicyclic) bond motifs is 13. The van der Waals surface area contributed by atoms with E-state index in [2.05, 4.69) is 263 Å². The number of benzene rings is 10. The lowest BCUT2D eigenvalue weighted by molar-refractivity contribution is 0.660. The second-order valence-corrected chi connectivity index (χ2v) is 18.6. The third-order valence-electron chi connectivity index (χ3n) is 14.6. The van der Waals surface area contributed by atoms with Crippen molar-refractivity contribution >= 4 is 76.5 Å². The Morgan fingerprint density at radius 1 is 0.299 bits per heavy atom. The van der Waals surface area contributed by atoms with E-state index in [0.717, 1.165) is 72.1 Å². The van der Waals surface area contributed by atoms with Crippen molar-refractivity contribution in [3.63, 3.8) is 0 Å². The van der Waals surface area contributed by atoms with E-state index < -0.39 is 0 Å². The Morgan fingerprint density at radius 3 is 1.55 bits per heavy atom. The number of rotatable bonds is 4. The average Bonchev–Trinajstić information content (AvgIpc) is 3.97. The maximum Gasteiger partial charge on any atom is 0.0782 e. The van der Waals surface area contributed by atoms with Gasteiger partial charge in [0, 0.05) is 66.1 Å². The highest BCUT2D eigenvalue weighted by molar-refractivity contribution is 6.14. The van der Waals surface area contributed by atoms with Crippen LogP contribution in [0.3, 0.4) is 0 Å². The van der Waals surface area contributed by atoms with Gasteiger partial charge in [-0.05, 0) is 142 Å². The molecule has 0 N–H and O–H groups in total. The summed E-state index contributed by atoms with van der Waals surface area (Å²) in [6, 6.07) is 85.5. The van der Waals surface area contributed by atoms with Gasteiger partial charge >= 0.3 is 0 Å². The Morgan fingerprint density at radius 2 is 0.836 bits per heavy atom. The standard InChI is InChI=1S/C63H44N4/c1-63(2)56-27-11-9-24-50(56)51-33-30-49(40-57(51)63)64-45-22-13-16-41(36-45)42-17-14-23-46(37-42)65(61-29-15-26-53-52-25-10-12-28-58(52)67(62(53)61)44-20-7-4-8-21-44)48-32-35-60-55(39-48)54-38-47(64)31-34-59(54)66(60)43-18-5-3-6-19-43/h3-40H,1-2H3. The first-order valence-electron chi connectivity index (χ1n) is 23.3. The molecule has 0 unspecified atom stereocenters. The second-order valence-electron chi connectivity index (χ2n) is 18.6. The summed E-state index contributed by atoms with van der Waals surface area (Å²) >= 11 is 0. The van der Waals surface area contributed by atoms with E-state index >= 15 is 0 Å². The molecule has 0 aliphatic heterocycles. The van der Waals surface area contributed by atoms with Crippen LogP contribution in [0.2, 0.25) is 0 Å². The van der Waals surface area contributed by atoms with Gasteiger partial charge in [-0.15, -0.1) is 0 Å². The molecule has 3 heterocycles. The van der Waals surface area contributed by atoms with Crippen LogP contribution >= 0.6 is 0 Å². The van der Waals surface area contributed by atoms with Crippen LogP contribution in [-0.4, -0.2) is 18.3 Å². The average molecular weight is 857 g/mol. The molecule has 4 heteroatoms. The van der Waals surface area contributed by atoms with Gasteiger partial charge in [0.05, 0.1) is 27.8 Å². The third kappa shape index (κ3) is 5.54. The lowest BCUT2D eigenvalue weighted by atomic mass is 9.82. The Labute approximate surface area is 387 Å². The minimum atomic E-state index is -0.137. The van der Waals surface area contributed by atoms with Crippen molar-refractivity contribution in [2.75, 3.05) is 0 Å². The van der Waals surface area contributed by atoms with Crippen molar-refractivity contribution in [2.45, 2.75) is 19.3 Å². The predicted molar refractivity (Wildman–Crippen MR) is 281 cm³/mol. The molecule has 13 aromatic rings. The normalized spacial score (nSPS) is 13.0. The fourth-order valence-electron chi connectivity index (χ4n) is 11.5. The van der Waals surface area contributed by atoms with Crippen LogP contribution in [0.5, 0.6) is 0 Å². The lowest BCUT2D eigenvalue weighted by Gasteiger charge is -2.22. The monoisotopic (exact) mass is 856 g/mol. The molecular formula is C63H44N4. The fourth-order valence-corrected chi connectivity index (χ4v) is 11.5. The Hall–Kier alpha value is -8.60. The zero-order valence-corrected chi connectivity index (χ0v) is 37.2. The van der Waals surface area contributed by atoms with Crippen molar-refractivity contribution < 1.29 is 0 Å². The van der Waals surface area contributed by atoms with Crippen LogP contribution in [0.25, 0.3) is 110 Å². The summed E-state index contributed by atoms with van der Waals surface area (Å²) in [5.41, 5.74) is 18.8. The first kappa shape index (κ1) is 37.7. The molecule has 316 valence electrons. The molecule has 1 aliphatic rings. The number of aromatic nitrogens is 4. The summed E-state index contributed by atoms with van der Waals surface area (Å²) in [7, 11) is 0. The minimum absolute atomic E-state index is 0.137. The van der Waals surface area contributed by atoms with Crippen molar-refractivity contribution in [2.24, 2.45) is 0 Å². The second kappa shape index (κ2) is 14.2. The molecule has 0 atom stereocenters. The third-order valence-corrected chi connectivity index (χ3v) is 14.6. The van der Waals surface area contributed by atoms with Gasteiger partial charge in [-0.1, -0.05) is 135 Å². The van der Waals surface area contributed by atoms with Gasteiger partial charge in [0.1, 0.15) is 0 Å². The van der Waals surface area contributed by atoms with Gasteiger partial charge in [-0.2, -0.15) is 0 Å². The minimum Gasteiger partial charge on any atom is -0.310 e. The molecule has 4 nitrogen and oxygen atoms in total. The van der Waals surface area contributed by atoms with E-state index in [1.54, 1.807) is 0 Å². The fraction of sp³-hybridized carbons (Fsp3) is 0.0476. The topological polar surface area (TPSA) is 19.7 Å². The number of para-hydroxylation sites is 4. The van der Waals surface area contributed by atoms with Gasteiger partial charge < -0.3 is 18.3 Å². The predicted octanol–water partition coefficient (Wildman–Crippen LogP) is 16.4. The maximum absolute atomic E-state index is 2.48. The molecule has 14 rings (SSSR count). The van der Waals surface area contributed by atoms with Crippen molar-refractivity contribution in [3.05, 3.63) is 242 Å². The molecule has 0 amide bonds. The Kier molecular flexibility index (Phi) is 8.00. The quantitative estimate of drug-likeness (QED) is 0.168. The summed E-state index contributed by atoms with van der Waals surface area (Å²) in [6.07, 6.45) is 0. The molecule has 8 bridgehead atoms. The Balaban J connectivity index is 1.15. The molecule has 0 fully saturated rings. The molecule has 0 radical (unpaired) electrons. The molecule has 3 aromatic heterocycles. The van der Waals surface area contributed by atoms with Gasteiger partial charge in [0.25, 0.3) is 0 Å². The molecule has 0 spiro atoms. The van der Waals surface area contributed by atoms with Crippen LogP contribution in [-0.2, 0) is 5.41 Å². The largest absolute Gasteiger partial charge is 0.310 e. The van der Waals surface area contributed by atoms with E-state index in [4.69, 9.17) is 0 Å². The maximum atomic E-state index is 2.48. The summed E-state index contributed by atoms with van der Waals surface area (Å²) in [6.45, 7) is 4.73. The van der Waals surface area contributed by atoms with E-state index in [1.807, 2.05) is 0 Å². The van der Waals surface area contributed by atoms with Crippen LogP contribution in [0.1, 0.15) is 25.0 Å². The molecular weight excluding hydrogens is 813 g/mol. The summed E-state index contributed by atoms with van der Waals surface area (Å²) in [4.78, 5) is 0. The van der Waals surface area contributed by atoms with E-state index in [0.29, 0.717) is 0 Å². The molecule has 1 aliphatic carbocycles. The molecule has 0 saturated carbocycles. The van der Waals surface area contributed by atoms with Gasteiger partial charge in [-0.3, -0.25) is 0 Å². The van der Waals surface area contributed by atoms with E-state index in [-0.39, 0.29) is 5.41 Å². The van der Waals surface area contributed by atoms with E-state index in [1.165, 1.54) is 49.3 Å². The van der Waals surface area contributed by atoms with E-state index in [9.17, 15) is 0 Å². The highest BCUT2D eigenvalue weighted by Gasteiger charge is 2.35. The smallest absolute Gasteiger partial charge is 0.0782 e. The first-order valence-corrected chi connectivity index (χ1v) is 23.3. The Bertz CT molecular complexity index is 4230. The zero-order chi connectivity index (χ0) is 44.4. The highest BCUT2D eigenvalue weighted by Crippen LogP contribution is 2.49. The first-order chi connectivity index (χ1) is 33.0. The van der Waals surface area contributed by atoms with Crippen LogP contribution < -0.4 is 0 Å². The number of hydrogen-bond acceptors (Lipinski definition) is 0. The van der Waals surface area contributed by atoms with Crippen LogP contribution in [0.15, 0.2) is 231 Å². The highest BCUT2D eigenvalue weighted by atomic mass is 15.1. The number of hydrogen-bond donors (Lipinski definition) is 0.